The van der Waals surface area contributed by atoms with Gasteiger partial charge in [-0.15, -0.1) is 23.5 Å². The Morgan fingerprint density at radius 2 is 0.947 bits per heavy atom. The summed E-state index contributed by atoms with van der Waals surface area (Å²) in [6, 6.07) is 29.0. The molecule has 680 valence electrons. The first kappa shape index (κ1) is 87.9. The van der Waals surface area contributed by atoms with Crippen molar-refractivity contribution in [3.05, 3.63) is 209 Å². The number of hydrogen-bond donors (Lipinski definition) is 5. The maximum absolute atomic E-state index is 15.2. The molecule has 14 atom stereocenters. The third-order valence-electron chi connectivity index (χ3n) is 27.8. The molecule has 22 rings (SSSR count). The molecule has 0 aliphatic carbocycles. The van der Waals surface area contributed by atoms with Gasteiger partial charge >= 0.3 is 30.0 Å². The number of aromatic hydroxyl groups is 3. The van der Waals surface area contributed by atoms with E-state index in [4.69, 9.17) is 66.3 Å². The molecule has 0 aromatic heterocycles. The van der Waals surface area contributed by atoms with E-state index in [9.17, 15) is 45.0 Å². The van der Waals surface area contributed by atoms with Crippen LogP contribution in [0, 0.1) is 50.4 Å². The van der Waals surface area contributed by atoms with Gasteiger partial charge in [0.25, 0.3) is 0 Å². The highest BCUT2D eigenvalue weighted by atomic mass is 32.2. The highest BCUT2D eigenvalue weighted by Crippen LogP contribution is 2.68. The topological polar surface area (TPSA) is 360 Å². The van der Waals surface area contributed by atoms with Crippen LogP contribution in [-0.2, 0) is 70.1 Å². The van der Waals surface area contributed by atoms with Gasteiger partial charge < -0.3 is 81.6 Å². The molecule has 0 amide bonds. The predicted molar refractivity (Wildman–Crippen MR) is 481 cm³/mol. The first-order valence-electron chi connectivity index (χ1n) is 43.6. The molecule has 4 fully saturated rings. The lowest BCUT2D eigenvalue weighted by Crippen LogP contribution is -2.69. The summed E-state index contributed by atoms with van der Waals surface area (Å²) in [5.74, 6) is 1.38. The number of fused-ring (bicyclic) bond motifs is 18. The van der Waals surface area contributed by atoms with Gasteiger partial charge in [0.1, 0.15) is 42.4 Å². The minimum atomic E-state index is -1.48. The molecule has 131 heavy (non-hydrogen) atoms. The van der Waals surface area contributed by atoms with Crippen molar-refractivity contribution >= 4 is 65.7 Å². The number of ether oxygens (including phenoxy) is 14. The van der Waals surface area contributed by atoms with Gasteiger partial charge in [0.2, 0.25) is 13.6 Å². The minimum Gasteiger partial charge on any atom is -0.504 e. The summed E-state index contributed by atoms with van der Waals surface area (Å²) in [6.45, 7) is 12.8. The lowest BCUT2D eigenvalue weighted by molar-refractivity contribution is -0.158. The second kappa shape index (κ2) is 34.1. The summed E-state index contributed by atoms with van der Waals surface area (Å²) in [5, 5.41) is 63.7. The zero-order valence-electron chi connectivity index (χ0n) is 74.6. The van der Waals surface area contributed by atoms with Crippen molar-refractivity contribution in [3.63, 3.8) is 0 Å². The molecule has 4 saturated heterocycles. The SMILES string of the molecule is COc1cc2c(cc1O)CCN[C@]21CS[C@@H]2c3c(OC(=O)/C=C/c4ccccc4)c(C)c4c(c3[C@H](COC1=O)N1C2[C@H]2c3c(cc(C)c(OC)c3O)C[C@@H]([C@@H]1C#N)N2C)OCO4.COc1cc2c(cc1OC(=O)OC(C)(C)C)CCN[C@]21CS[C@@H]2c3c(OC(=O)/C=C/c4ccccc4)c(C)c4c(c3[C@H](COC1=O)N1C2[C@H]2c3c(cc(C)c(OC)c3O)C[C@@H]([C@@H]1C#N)N2C)OCO4. The van der Waals surface area contributed by atoms with Crippen LogP contribution in [-0.4, -0.2) is 201 Å². The number of likely N-dealkylation sites (N-methyl/N-ethyl adjacent to an activating group) is 2. The van der Waals surface area contributed by atoms with E-state index in [1.165, 1.54) is 64.1 Å². The predicted octanol–water partition coefficient (Wildman–Crippen LogP) is 13.0. The number of rotatable bonds is 11. The monoisotopic (exact) mass is 1820 g/mol. The van der Waals surface area contributed by atoms with Crippen LogP contribution in [0.15, 0.2) is 109 Å². The molecule has 0 saturated carbocycles. The van der Waals surface area contributed by atoms with Gasteiger partial charge in [-0.2, -0.15) is 10.5 Å². The molecule has 8 aromatic carbocycles. The fourth-order valence-corrected chi connectivity index (χ4v) is 25.6. The fraction of sp³-hybridized carbons (Fsp3) is 0.404. The van der Waals surface area contributed by atoms with Crippen molar-refractivity contribution in [1.29, 1.82) is 10.5 Å². The van der Waals surface area contributed by atoms with Gasteiger partial charge in [0.15, 0.2) is 80.1 Å². The molecule has 32 heteroatoms. The normalized spacial score (nSPS) is 26.3. The smallest absolute Gasteiger partial charge is 0.504 e. The van der Waals surface area contributed by atoms with E-state index in [-0.39, 0.29) is 90.6 Å². The van der Waals surface area contributed by atoms with E-state index < -0.39 is 106 Å². The van der Waals surface area contributed by atoms with Crippen molar-refractivity contribution in [3.8, 4) is 92.6 Å². The van der Waals surface area contributed by atoms with Crippen LogP contribution in [0.2, 0.25) is 0 Å². The molecule has 8 aromatic rings. The zero-order valence-corrected chi connectivity index (χ0v) is 76.2. The van der Waals surface area contributed by atoms with E-state index in [2.05, 4.69) is 42.4 Å². The van der Waals surface area contributed by atoms with Crippen LogP contribution in [0.25, 0.3) is 12.2 Å². The highest BCUT2D eigenvalue weighted by Gasteiger charge is 2.65. The molecule has 5 N–H and O–H groups in total. The zero-order chi connectivity index (χ0) is 91.9. The summed E-state index contributed by atoms with van der Waals surface area (Å²) >= 11 is 2.92. The van der Waals surface area contributed by atoms with Crippen LogP contribution in [0.4, 0.5) is 4.79 Å². The summed E-state index contributed by atoms with van der Waals surface area (Å²) < 4.78 is 85.2. The second-order valence-electron chi connectivity index (χ2n) is 35.9. The molecule has 8 bridgehead atoms. The number of piperazine rings is 2. The Hall–Kier alpha value is -12.4. The maximum atomic E-state index is 15.2. The number of methoxy groups -OCH3 is 4. The van der Waals surface area contributed by atoms with Crippen LogP contribution >= 0.6 is 23.5 Å². The number of thioether (sulfide) groups is 2. The number of nitrogens with zero attached hydrogens (tertiary/aromatic N) is 6. The first-order chi connectivity index (χ1) is 63.1. The van der Waals surface area contributed by atoms with Gasteiger partial charge in [-0.05, 0) is 180 Å². The van der Waals surface area contributed by atoms with Gasteiger partial charge in [-0.1, -0.05) is 72.8 Å². The summed E-state index contributed by atoms with van der Waals surface area (Å²) in [6.07, 6.45) is 7.19. The Morgan fingerprint density at radius 1 is 0.519 bits per heavy atom. The van der Waals surface area contributed by atoms with Crippen LogP contribution in [0.5, 0.6) is 80.5 Å². The Labute approximate surface area is 765 Å². The van der Waals surface area contributed by atoms with Gasteiger partial charge in [0.05, 0.1) is 75.2 Å². The largest absolute Gasteiger partial charge is 0.514 e. The third kappa shape index (κ3) is 14.4. The molecular formula is C99H100N8O22S2. The third-order valence-corrected chi connectivity index (χ3v) is 30.7. The molecule has 0 radical (unpaired) electrons. The lowest BCUT2D eigenvalue weighted by Gasteiger charge is -2.62. The van der Waals surface area contributed by atoms with Crippen molar-refractivity contribution in [2.24, 2.45) is 0 Å². The van der Waals surface area contributed by atoms with Gasteiger partial charge in [-0.3, -0.25) is 30.2 Å². The molecule has 2 unspecified atom stereocenters. The molecule has 14 aliphatic heterocycles. The van der Waals surface area contributed by atoms with Gasteiger partial charge in [-0.25, -0.2) is 24.0 Å². The van der Waals surface area contributed by atoms with Crippen LogP contribution in [0.1, 0.15) is 156 Å². The average molecular weight is 1820 g/mol. The molecular weight excluding hydrogens is 1720 g/mol. The maximum Gasteiger partial charge on any atom is 0.514 e. The quantitative estimate of drug-likeness (QED) is 0.0264. The summed E-state index contributed by atoms with van der Waals surface area (Å²) in [4.78, 5) is 79.9. The number of carbonyl (C=O) groups excluding carboxylic acids is 5. The molecule has 30 nitrogen and oxygen atoms in total. The van der Waals surface area contributed by atoms with Crippen LogP contribution < -0.4 is 62.7 Å². The number of phenolic OH excluding ortho intramolecular Hbond substituents is 3. The van der Waals surface area contributed by atoms with E-state index >= 15 is 4.79 Å². The standard InChI is InChI=1S/C52H54N4O12S.C47H46N4O10S/c1-26-18-30-19-32-33(22-53)56-34-23-63-49(59)52(31-21-35(61-7)36(20-29(31)16-17-54-52)66-50(60)68-51(3,4)5)24-69-48(42(56)41(55(32)6)38(30)43(58)44(26)62-8)40-39(34)47-46(64-25-65-47)27(2)45(40)67-37(57)15-14-28-12-10-9-11-13-28;1-23-15-27-16-29-30(19-48)51-31-20-58-46(55)47(28-18-33(56-4)32(52)17-26(28)13-14-49-47)21-62-45(39(51)38(50(29)3)35(27)40(54)41(23)57-5)37-36(31)44-43(59-22-60-44)24(2)42(37)61-34(53)12-11-25-9-7-6-8-10-25/h9-15,18,20-21,32-34,41-42,48,54,58H,16-17,19,23-25H2,1-8H3;6-12,15,17-18,29-31,38-39,45,49,52,54H,13-14,16,20-22H2,1-5H3/b15-14+;12-11+/t32-,33-,34-,41+,42?,48+,52+;29-,30-,31-,38+,39?,45+,47+/m00/s1. The number of hydrogen-bond acceptors (Lipinski definition) is 32. The van der Waals surface area contributed by atoms with E-state index in [1.807, 2.05) is 115 Å². The number of esters is 4. The lowest BCUT2D eigenvalue weighted by atomic mass is 9.71. The number of phenols is 3. The van der Waals surface area contributed by atoms with Crippen molar-refractivity contribution < 1.29 is 106 Å². The molecule has 14 heterocycles. The number of aryl methyl sites for hydroxylation is 2. The van der Waals surface area contributed by atoms with Crippen molar-refractivity contribution in [1.82, 2.24) is 30.2 Å². The Kier molecular flexibility index (Phi) is 22.9. The van der Waals surface area contributed by atoms with Gasteiger partial charge in [0, 0.05) is 105 Å². The Balaban J connectivity index is 0.000000170. The number of nitrogens with one attached hydrogen (secondary N) is 2. The Bertz CT molecular complexity index is 6210. The highest BCUT2D eigenvalue weighted by molar-refractivity contribution is 7.99. The molecule has 14 aliphatic rings. The fourth-order valence-electron chi connectivity index (χ4n) is 22.2. The summed E-state index contributed by atoms with van der Waals surface area (Å²) in [5.41, 5.74) is 8.98. The number of benzene rings is 8. The Morgan fingerprint density at radius 3 is 1.37 bits per heavy atom. The van der Waals surface area contributed by atoms with Crippen molar-refractivity contribution in [2.75, 3.05) is 93.9 Å². The van der Waals surface area contributed by atoms with Crippen molar-refractivity contribution in [2.45, 2.75) is 162 Å². The number of carbonyl (C=O) groups is 5. The van der Waals surface area contributed by atoms with Crippen LogP contribution in [0.3, 0.4) is 0 Å². The van der Waals surface area contributed by atoms with E-state index in [0.29, 0.717) is 135 Å². The molecule has 2 spiro atoms. The number of nitriles is 2. The van der Waals surface area contributed by atoms with E-state index in [0.717, 1.165) is 44.5 Å². The minimum absolute atomic E-state index is 0.0122. The first-order valence-corrected chi connectivity index (χ1v) is 45.7. The van der Waals surface area contributed by atoms with E-state index in [1.54, 1.807) is 57.2 Å². The second-order valence-corrected chi connectivity index (χ2v) is 38.1. The average Bonchev–Trinajstić information content (AvgIpc) is 1.60. The summed E-state index contributed by atoms with van der Waals surface area (Å²) in [7, 11) is 9.95.